The van der Waals surface area contributed by atoms with Gasteiger partial charge in [0.1, 0.15) is 5.75 Å². The van der Waals surface area contributed by atoms with Crippen LogP contribution in [0.2, 0.25) is 0 Å². The predicted molar refractivity (Wildman–Crippen MR) is 96.4 cm³/mol. The van der Waals surface area contributed by atoms with Crippen LogP contribution in [0, 0.1) is 5.92 Å². The number of amides is 1. The van der Waals surface area contributed by atoms with Gasteiger partial charge < -0.3 is 15.4 Å². The van der Waals surface area contributed by atoms with Crippen molar-refractivity contribution in [1.82, 2.24) is 10.6 Å². The molecular weight excluding hydrogens is 312 g/mol. The average Bonchev–Trinajstić information content (AvgIpc) is 2.54. The summed E-state index contributed by atoms with van der Waals surface area (Å²) in [6, 6.07) is 8.38. The van der Waals surface area contributed by atoms with Crippen molar-refractivity contribution < 1.29 is 9.53 Å². The lowest BCUT2D eigenvalue weighted by Gasteiger charge is -2.30. The molecule has 2 unspecified atom stereocenters. The number of hydrogen-bond donors (Lipinski definition) is 2. The number of hydrogen-bond acceptors (Lipinski definition) is 3. The fourth-order valence-corrected chi connectivity index (χ4v) is 2.74. The van der Waals surface area contributed by atoms with Gasteiger partial charge in [0.25, 0.3) is 0 Å². The molecule has 0 saturated carbocycles. The van der Waals surface area contributed by atoms with Gasteiger partial charge in [0, 0.05) is 12.5 Å². The van der Waals surface area contributed by atoms with E-state index in [1.165, 1.54) is 5.56 Å². The van der Waals surface area contributed by atoms with E-state index in [4.69, 9.17) is 4.74 Å². The zero-order valence-corrected chi connectivity index (χ0v) is 15.0. The van der Waals surface area contributed by atoms with Crippen LogP contribution in [-0.4, -0.2) is 31.6 Å². The molecule has 0 bridgehead atoms. The lowest BCUT2D eigenvalue weighted by atomic mass is 9.95. The van der Waals surface area contributed by atoms with Gasteiger partial charge >= 0.3 is 0 Å². The van der Waals surface area contributed by atoms with Gasteiger partial charge in [-0.1, -0.05) is 26.0 Å². The highest BCUT2D eigenvalue weighted by Gasteiger charge is 2.22. The molecule has 4 nitrogen and oxygen atoms in total. The first-order valence-corrected chi connectivity index (χ1v) is 8.41. The van der Waals surface area contributed by atoms with Gasteiger partial charge in [-0.15, -0.1) is 12.4 Å². The highest BCUT2D eigenvalue weighted by molar-refractivity contribution is 5.85. The minimum atomic E-state index is 0. The summed E-state index contributed by atoms with van der Waals surface area (Å²) in [5, 5.41) is 6.53. The third kappa shape index (κ3) is 6.80. The Balaban J connectivity index is 0.00000264. The van der Waals surface area contributed by atoms with Crippen LogP contribution in [0.4, 0.5) is 0 Å². The second-order valence-corrected chi connectivity index (χ2v) is 6.14. The van der Waals surface area contributed by atoms with E-state index in [-0.39, 0.29) is 18.3 Å². The fourth-order valence-electron chi connectivity index (χ4n) is 2.74. The highest BCUT2D eigenvalue weighted by Crippen LogP contribution is 2.14. The first-order valence-electron chi connectivity index (χ1n) is 8.41. The van der Waals surface area contributed by atoms with E-state index in [0.717, 1.165) is 44.7 Å². The lowest BCUT2D eigenvalue weighted by Crippen LogP contribution is -2.48. The number of halogens is 1. The van der Waals surface area contributed by atoms with Crippen LogP contribution in [0.25, 0.3) is 0 Å². The van der Waals surface area contributed by atoms with Gasteiger partial charge in [-0.05, 0) is 56.0 Å². The second-order valence-electron chi connectivity index (χ2n) is 6.14. The van der Waals surface area contributed by atoms with Gasteiger partial charge in [0.15, 0.2) is 0 Å². The average molecular weight is 341 g/mol. The summed E-state index contributed by atoms with van der Waals surface area (Å²) >= 11 is 0. The minimum absolute atomic E-state index is 0. The van der Waals surface area contributed by atoms with E-state index < -0.39 is 0 Å². The van der Waals surface area contributed by atoms with Crippen LogP contribution >= 0.6 is 12.4 Å². The maximum Gasteiger partial charge on any atom is 0.220 e. The van der Waals surface area contributed by atoms with Crippen LogP contribution in [0.15, 0.2) is 24.3 Å². The Kier molecular flexibility index (Phi) is 9.03. The molecule has 1 aromatic carbocycles. The molecule has 1 fully saturated rings. The summed E-state index contributed by atoms with van der Waals surface area (Å²) in [6.45, 7) is 7.01. The molecule has 1 aliphatic heterocycles. The van der Waals surface area contributed by atoms with Crippen LogP contribution in [-0.2, 0) is 11.2 Å². The molecule has 2 N–H and O–H groups in total. The SMILES string of the molecule is CCCOc1ccc(CCC(=O)NC2CCNCC2C)cc1.Cl. The van der Waals surface area contributed by atoms with E-state index in [1.807, 2.05) is 24.3 Å². The number of nitrogens with one attached hydrogen (secondary N) is 2. The molecule has 1 aromatic rings. The smallest absolute Gasteiger partial charge is 0.220 e. The van der Waals surface area contributed by atoms with E-state index in [0.29, 0.717) is 18.4 Å². The molecule has 0 spiro atoms. The standard InChI is InChI=1S/C18H28N2O2.ClH/c1-3-12-22-16-7-4-15(5-8-16)6-9-18(21)20-17-10-11-19-13-14(17)2;/h4-5,7-8,14,17,19H,3,6,9-13H2,1-2H3,(H,20,21);1H. The Labute approximate surface area is 145 Å². The molecule has 2 rings (SSSR count). The number of ether oxygens (including phenoxy) is 1. The summed E-state index contributed by atoms with van der Waals surface area (Å²) in [4.78, 5) is 12.1. The molecule has 1 aliphatic rings. The van der Waals surface area contributed by atoms with Crippen molar-refractivity contribution in [3.63, 3.8) is 0 Å². The third-order valence-electron chi connectivity index (χ3n) is 4.17. The van der Waals surface area contributed by atoms with Gasteiger partial charge in [0.05, 0.1) is 6.61 Å². The number of piperidine rings is 1. The first-order chi connectivity index (χ1) is 10.7. The van der Waals surface area contributed by atoms with Crippen molar-refractivity contribution in [3.8, 4) is 5.75 Å². The van der Waals surface area contributed by atoms with Crippen molar-refractivity contribution in [2.45, 2.75) is 45.6 Å². The maximum atomic E-state index is 12.1. The quantitative estimate of drug-likeness (QED) is 0.802. The van der Waals surface area contributed by atoms with E-state index >= 15 is 0 Å². The fraction of sp³-hybridized carbons (Fsp3) is 0.611. The van der Waals surface area contributed by atoms with Crippen molar-refractivity contribution >= 4 is 18.3 Å². The van der Waals surface area contributed by atoms with Crippen molar-refractivity contribution in [3.05, 3.63) is 29.8 Å². The minimum Gasteiger partial charge on any atom is -0.494 e. The topological polar surface area (TPSA) is 50.4 Å². The van der Waals surface area contributed by atoms with Crippen molar-refractivity contribution in [2.24, 2.45) is 5.92 Å². The molecule has 130 valence electrons. The Bertz CT molecular complexity index is 465. The van der Waals surface area contributed by atoms with Crippen LogP contribution < -0.4 is 15.4 Å². The summed E-state index contributed by atoms with van der Waals surface area (Å²) < 4.78 is 5.56. The number of carbonyl (C=O) groups excluding carboxylic acids is 1. The largest absolute Gasteiger partial charge is 0.494 e. The summed E-state index contributed by atoms with van der Waals surface area (Å²) in [7, 11) is 0. The Morgan fingerprint density at radius 3 is 2.74 bits per heavy atom. The maximum absolute atomic E-state index is 12.1. The second kappa shape index (κ2) is 10.5. The number of benzene rings is 1. The number of carbonyl (C=O) groups is 1. The lowest BCUT2D eigenvalue weighted by molar-refractivity contribution is -0.122. The Hall–Kier alpha value is -1.26. The van der Waals surface area contributed by atoms with Crippen LogP contribution in [0.5, 0.6) is 5.75 Å². The van der Waals surface area contributed by atoms with Gasteiger partial charge in [-0.3, -0.25) is 4.79 Å². The molecule has 1 amide bonds. The summed E-state index contributed by atoms with van der Waals surface area (Å²) in [5.74, 6) is 1.57. The van der Waals surface area contributed by atoms with Gasteiger partial charge in [-0.25, -0.2) is 0 Å². The van der Waals surface area contributed by atoms with Gasteiger partial charge in [0.2, 0.25) is 5.91 Å². The molecule has 23 heavy (non-hydrogen) atoms. The third-order valence-corrected chi connectivity index (χ3v) is 4.17. The van der Waals surface area contributed by atoms with E-state index in [2.05, 4.69) is 24.5 Å². The molecule has 0 aromatic heterocycles. The first kappa shape index (κ1) is 19.8. The monoisotopic (exact) mass is 340 g/mol. The zero-order valence-electron chi connectivity index (χ0n) is 14.1. The number of aryl methyl sites for hydroxylation is 1. The molecule has 0 aliphatic carbocycles. The Morgan fingerprint density at radius 1 is 1.35 bits per heavy atom. The number of rotatable bonds is 7. The summed E-state index contributed by atoms with van der Waals surface area (Å²) in [6.07, 6.45) is 3.36. The highest BCUT2D eigenvalue weighted by atomic mass is 35.5. The summed E-state index contributed by atoms with van der Waals surface area (Å²) in [5.41, 5.74) is 1.18. The molecule has 5 heteroatoms. The van der Waals surface area contributed by atoms with E-state index in [1.54, 1.807) is 0 Å². The van der Waals surface area contributed by atoms with E-state index in [9.17, 15) is 4.79 Å². The molecular formula is C18H29ClN2O2. The van der Waals surface area contributed by atoms with Gasteiger partial charge in [-0.2, -0.15) is 0 Å². The van der Waals surface area contributed by atoms with Crippen molar-refractivity contribution in [2.75, 3.05) is 19.7 Å². The predicted octanol–water partition coefficient (Wildman–Crippen LogP) is 2.94. The zero-order chi connectivity index (χ0) is 15.8. The van der Waals surface area contributed by atoms with Crippen LogP contribution in [0.3, 0.4) is 0 Å². The molecule has 2 atom stereocenters. The van der Waals surface area contributed by atoms with Crippen LogP contribution in [0.1, 0.15) is 38.7 Å². The molecule has 0 radical (unpaired) electrons. The normalized spacial score (nSPS) is 20.4. The Morgan fingerprint density at radius 2 is 2.09 bits per heavy atom. The molecule has 1 heterocycles. The molecule has 1 saturated heterocycles. The van der Waals surface area contributed by atoms with Crippen molar-refractivity contribution in [1.29, 1.82) is 0 Å².